The maximum Gasteiger partial charge on any atom is 0.408 e. The van der Waals surface area contributed by atoms with Crippen molar-refractivity contribution in [1.82, 2.24) is 5.32 Å². The van der Waals surface area contributed by atoms with E-state index in [9.17, 15) is 4.79 Å². The van der Waals surface area contributed by atoms with E-state index in [0.717, 1.165) is 6.42 Å². The zero-order valence-electron chi connectivity index (χ0n) is 13.3. The van der Waals surface area contributed by atoms with E-state index < -0.39 is 5.60 Å². The number of carbonyl (C=O) groups is 1. The largest absolute Gasteiger partial charge is 0.444 e. The zero-order chi connectivity index (χ0) is 15.2. The highest BCUT2D eigenvalue weighted by Gasteiger charge is 2.67. The third-order valence-electron chi connectivity index (χ3n) is 4.70. The molecule has 20 heavy (non-hydrogen) atoms. The standard InChI is InChI=1S/C15H28N2O3/c1-13(2,3)20-12(18)17-15(6-7-19-9-15)11-10(8-16)14(11,4)5/h10-11H,6-9,16H2,1-5H3,(H,17,18). The third-order valence-corrected chi connectivity index (χ3v) is 4.70. The fourth-order valence-corrected chi connectivity index (χ4v) is 3.79. The average molecular weight is 284 g/mol. The van der Waals surface area contributed by atoms with Gasteiger partial charge in [0.1, 0.15) is 5.60 Å². The molecule has 2 aliphatic rings. The van der Waals surface area contributed by atoms with Gasteiger partial charge in [-0.15, -0.1) is 0 Å². The maximum absolute atomic E-state index is 12.1. The van der Waals surface area contributed by atoms with Crippen molar-refractivity contribution in [3.8, 4) is 0 Å². The van der Waals surface area contributed by atoms with Gasteiger partial charge in [0.2, 0.25) is 0 Å². The van der Waals surface area contributed by atoms with Gasteiger partial charge in [0.25, 0.3) is 0 Å². The normalized spacial score (nSPS) is 35.7. The number of rotatable bonds is 3. The van der Waals surface area contributed by atoms with Crippen molar-refractivity contribution >= 4 is 6.09 Å². The van der Waals surface area contributed by atoms with Crippen molar-refractivity contribution in [2.24, 2.45) is 23.0 Å². The smallest absolute Gasteiger partial charge is 0.408 e. The number of hydrogen-bond acceptors (Lipinski definition) is 4. The van der Waals surface area contributed by atoms with Gasteiger partial charge in [0.05, 0.1) is 12.1 Å². The van der Waals surface area contributed by atoms with E-state index in [4.69, 9.17) is 15.2 Å². The van der Waals surface area contributed by atoms with Crippen LogP contribution in [-0.2, 0) is 9.47 Å². The van der Waals surface area contributed by atoms with E-state index in [1.165, 1.54) is 0 Å². The summed E-state index contributed by atoms with van der Waals surface area (Å²) in [5.41, 5.74) is 5.21. The summed E-state index contributed by atoms with van der Waals surface area (Å²) in [4.78, 5) is 12.1. The molecule has 116 valence electrons. The Morgan fingerprint density at radius 2 is 2.10 bits per heavy atom. The first-order valence-electron chi connectivity index (χ1n) is 7.41. The van der Waals surface area contributed by atoms with Crippen LogP contribution in [0.25, 0.3) is 0 Å². The van der Waals surface area contributed by atoms with Crippen molar-refractivity contribution in [2.45, 2.75) is 52.2 Å². The molecule has 1 aliphatic carbocycles. The molecule has 0 aromatic carbocycles. The Morgan fingerprint density at radius 3 is 2.50 bits per heavy atom. The summed E-state index contributed by atoms with van der Waals surface area (Å²) in [5, 5.41) is 3.09. The Kier molecular flexibility index (Phi) is 3.80. The molecule has 1 saturated heterocycles. The molecule has 5 nitrogen and oxygen atoms in total. The lowest BCUT2D eigenvalue weighted by Gasteiger charge is -2.32. The molecule has 0 spiro atoms. The Labute approximate surface area is 121 Å². The van der Waals surface area contributed by atoms with E-state index in [1.807, 2.05) is 20.8 Å². The molecule has 3 unspecified atom stereocenters. The van der Waals surface area contributed by atoms with Crippen molar-refractivity contribution < 1.29 is 14.3 Å². The summed E-state index contributed by atoms with van der Waals surface area (Å²) in [7, 11) is 0. The first kappa shape index (κ1) is 15.6. The zero-order valence-corrected chi connectivity index (χ0v) is 13.3. The fraction of sp³-hybridized carbons (Fsp3) is 0.933. The molecule has 0 bridgehead atoms. The van der Waals surface area contributed by atoms with Gasteiger partial charge in [-0.3, -0.25) is 0 Å². The molecular formula is C15H28N2O3. The highest BCUT2D eigenvalue weighted by atomic mass is 16.6. The number of nitrogens with two attached hydrogens (primary N) is 1. The van der Waals surface area contributed by atoms with Gasteiger partial charge in [-0.1, -0.05) is 13.8 Å². The monoisotopic (exact) mass is 284 g/mol. The molecule has 1 aliphatic heterocycles. The predicted molar refractivity (Wildman–Crippen MR) is 77.4 cm³/mol. The van der Waals surface area contributed by atoms with Crippen LogP contribution in [0.2, 0.25) is 0 Å². The molecule has 1 saturated carbocycles. The maximum atomic E-state index is 12.1. The summed E-state index contributed by atoms with van der Waals surface area (Å²) in [6.07, 6.45) is 0.470. The van der Waals surface area contributed by atoms with Crippen LogP contribution in [-0.4, -0.2) is 37.0 Å². The lowest BCUT2D eigenvalue weighted by Crippen LogP contribution is -2.53. The SMILES string of the molecule is CC(C)(C)OC(=O)NC1(C2C(CN)C2(C)C)CCOC1. The van der Waals surface area contributed by atoms with Gasteiger partial charge in [0, 0.05) is 6.61 Å². The summed E-state index contributed by atoms with van der Waals surface area (Å²) < 4.78 is 11.0. The molecule has 3 N–H and O–H groups in total. The first-order chi connectivity index (χ1) is 9.12. The lowest BCUT2D eigenvalue weighted by atomic mass is 9.87. The van der Waals surface area contributed by atoms with E-state index in [0.29, 0.717) is 31.6 Å². The Bertz CT molecular complexity index is 381. The van der Waals surface area contributed by atoms with Crippen molar-refractivity contribution in [2.75, 3.05) is 19.8 Å². The predicted octanol–water partition coefficient (Wildman–Crippen LogP) is 1.90. The van der Waals surface area contributed by atoms with Gasteiger partial charge in [-0.2, -0.15) is 0 Å². The highest BCUT2D eigenvalue weighted by Crippen LogP contribution is 2.63. The summed E-state index contributed by atoms with van der Waals surface area (Å²) in [6, 6.07) is 0. The summed E-state index contributed by atoms with van der Waals surface area (Å²) in [5.74, 6) is 0.786. The minimum atomic E-state index is -0.489. The van der Waals surface area contributed by atoms with Crippen LogP contribution in [0.1, 0.15) is 41.0 Å². The number of alkyl carbamates (subject to hydrolysis) is 1. The van der Waals surface area contributed by atoms with Crippen LogP contribution in [0.4, 0.5) is 4.79 Å². The fourth-order valence-electron chi connectivity index (χ4n) is 3.79. The quantitative estimate of drug-likeness (QED) is 0.830. The number of hydrogen-bond donors (Lipinski definition) is 2. The van der Waals surface area contributed by atoms with E-state index in [-0.39, 0.29) is 17.0 Å². The van der Waals surface area contributed by atoms with E-state index >= 15 is 0 Å². The average Bonchev–Trinajstić information content (AvgIpc) is 2.65. The van der Waals surface area contributed by atoms with Crippen LogP contribution >= 0.6 is 0 Å². The van der Waals surface area contributed by atoms with Gasteiger partial charge >= 0.3 is 6.09 Å². The second-order valence-electron chi connectivity index (χ2n) is 7.73. The lowest BCUT2D eigenvalue weighted by molar-refractivity contribution is 0.0408. The Hall–Kier alpha value is -0.810. The molecule has 0 aromatic rings. The summed E-state index contributed by atoms with van der Waals surface area (Å²) >= 11 is 0. The number of carbonyl (C=O) groups excluding carboxylic acids is 1. The molecular weight excluding hydrogens is 256 g/mol. The van der Waals surface area contributed by atoms with E-state index in [2.05, 4.69) is 19.2 Å². The molecule has 2 fully saturated rings. The van der Waals surface area contributed by atoms with E-state index in [1.54, 1.807) is 0 Å². The van der Waals surface area contributed by atoms with Crippen LogP contribution in [0.5, 0.6) is 0 Å². The highest BCUT2D eigenvalue weighted by molar-refractivity contribution is 5.69. The van der Waals surface area contributed by atoms with Gasteiger partial charge in [0.15, 0.2) is 0 Å². The molecule has 5 heteroatoms. The van der Waals surface area contributed by atoms with Crippen molar-refractivity contribution in [3.05, 3.63) is 0 Å². The van der Waals surface area contributed by atoms with Crippen LogP contribution in [0, 0.1) is 17.3 Å². The van der Waals surface area contributed by atoms with Crippen LogP contribution in [0.15, 0.2) is 0 Å². The molecule has 0 radical (unpaired) electrons. The minimum absolute atomic E-state index is 0.150. The van der Waals surface area contributed by atoms with Gasteiger partial charge in [-0.05, 0) is 51.0 Å². The third kappa shape index (κ3) is 2.79. The van der Waals surface area contributed by atoms with Crippen molar-refractivity contribution in [1.29, 1.82) is 0 Å². The summed E-state index contributed by atoms with van der Waals surface area (Å²) in [6.45, 7) is 11.9. The van der Waals surface area contributed by atoms with Gasteiger partial charge in [-0.25, -0.2) is 4.79 Å². The molecule has 0 aromatic heterocycles. The Balaban J connectivity index is 2.10. The second kappa shape index (κ2) is 4.88. The van der Waals surface area contributed by atoms with Crippen LogP contribution < -0.4 is 11.1 Å². The molecule has 3 atom stereocenters. The number of nitrogens with one attached hydrogen (secondary N) is 1. The van der Waals surface area contributed by atoms with Gasteiger partial charge < -0.3 is 20.5 Å². The first-order valence-corrected chi connectivity index (χ1v) is 7.41. The second-order valence-corrected chi connectivity index (χ2v) is 7.73. The number of ether oxygens (including phenoxy) is 2. The molecule has 1 amide bonds. The Morgan fingerprint density at radius 1 is 1.45 bits per heavy atom. The molecule has 1 heterocycles. The minimum Gasteiger partial charge on any atom is -0.444 e. The topological polar surface area (TPSA) is 73.6 Å². The molecule has 2 rings (SSSR count). The number of amides is 1. The van der Waals surface area contributed by atoms with Crippen molar-refractivity contribution in [3.63, 3.8) is 0 Å². The van der Waals surface area contributed by atoms with Crippen LogP contribution in [0.3, 0.4) is 0 Å².